The summed E-state index contributed by atoms with van der Waals surface area (Å²) in [5.74, 6) is -4.11. The van der Waals surface area contributed by atoms with E-state index in [-0.39, 0.29) is 5.02 Å². The number of carboxylic acid groups (broad SMARTS) is 1. The van der Waals surface area contributed by atoms with Crippen LogP contribution in [0, 0.1) is 5.82 Å². The summed E-state index contributed by atoms with van der Waals surface area (Å²) in [6, 6.07) is 1.81. The van der Waals surface area contributed by atoms with E-state index >= 15 is 0 Å². The van der Waals surface area contributed by atoms with E-state index in [1.165, 1.54) is 0 Å². The zero-order chi connectivity index (χ0) is 14.0. The molecule has 0 aliphatic rings. The number of carbonyl (C=O) groups excluding carboxylic acids is 2. The molecule has 0 aliphatic heterocycles. The number of amides is 2. The monoisotopic (exact) mass is 273 g/mol. The highest BCUT2D eigenvalue weighted by molar-refractivity contribution is 6.31. The number of hydrogen-bond acceptors (Lipinski definition) is 3. The molecule has 0 bridgehead atoms. The van der Waals surface area contributed by atoms with Crippen LogP contribution in [0.15, 0.2) is 12.1 Å². The van der Waals surface area contributed by atoms with Crippen molar-refractivity contribution in [3.63, 3.8) is 0 Å². The van der Waals surface area contributed by atoms with Crippen LogP contribution in [0.25, 0.3) is 0 Å². The molecule has 1 aromatic rings. The molecule has 0 aliphatic carbocycles. The van der Waals surface area contributed by atoms with E-state index in [0.717, 1.165) is 26.0 Å². The second-order valence-electron chi connectivity index (χ2n) is 3.46. The number of hydrogen-bond donors (Lipinski definition) is 1. The highest BCUT2D eigenvalue weighted by atomic mass is 35.5. The lowest BCUT2D eigenvalue weighted by Gasteiger charge is -2.20. The predicted molar refractivity (Wildman–Crippen MR) is 62.2 cm³/mol. The van der Waals surface area contributed by atoms with Crippen LogP contribution in [0.4, 0.5) is 10.1 Å². The number of carbonyl (C=O) groups is 3. The molecule has 1 N–H and O–H groups in total. The van der Waals surface area contributed by atoms with Gasteiger partial charge in [0.1, 0.15) is 11.5 Å². The van der Waals surface area contributed by atoms with Gasteiger partial charge < -0.3 is 5.11 Å². The van der Waals surface area contributed by atoms with Gasteiger partial charge in [-0.05, 0) is 12.1 Å². The molecule has 1 aromatic carbocycles. The van der Waals surface area contributed by atoms with Crippen LogP contribution in [0.1, 0.15) is 24.2 Å². The first-order chi connectivity index (χ1) is 8.25. The Morgan fingerprint density at radius 3 is 2.11 bits per heavy atom. The van der Waals surface area contributed by atoms with Crippen LogP contribution in [-0.2, 0) is 9.59 Å². The lowest BCUT2D eigenvalue weighted by Crippen LogP contribution is -2.35. The Kier molecular flexibility index (Phi) is 4.03. The van der Waals surface area contributed by atoms with Gasteiger partial charge in [0, 0.05) is 18.9 Å². The van der Waals surface area contributed by atoms with Crippen LogP contribution in [0.3, 0.4) is 0 Å². The maximum atomic E-state index is 13.7. The molecule has 5 nitrogen and oxygen atoms in total. The van der Waals surface area contributed by atoms with Gasteiger partial charge in [-0.3, -0.25) is 9.59 Å². The molecule has 0 saturated heterocycles. The molecule has 0 fully saturated rings. The second kappa shape index (κ2) is 5.14. The Morgan fingerprint density at radius 2 is 1.72 bits per heavy atom. The number of imide groups is 1. The average Bonchev–Trinajstić information content (AvgIpc) is 2.19. The molecule has 1 rings (SSSR count). The van der Waals surface area contributed by atoms with Crippen LogP contribution in [0.5, 0.6) is 0 Å². The maximum Gasteiger partial charge on any atom is 0.337 e. The Hall–Kier alpha value is -1.95. The molecular weight excluding hydrogens is 265 g/mol. The van der Waals surface area contributed by atoms with Gasteiger partial charge in [-0.15, -0.1) is 0 Å². The second-order valence-corrected chi connectivity index (χ2v) is 3.90. The summed E-state index contributed by atoms with van der Waals surface area (Å²) < 4.78 is 13.7. The Morgan fingerprint density at radius 1 is 1.22 bits per heavy atom. The number of anilines is 1. The first-order valence-electron chi connectivity index (χ1n) is 4.79. The first-order valence-corrected chi connectivity index (χ1v) is 5.17. The van der Waals surface area contributed by atoms with Crippen molar-refractivity contribution >= 4 is 35.1 Å². The van der Waals surface area contributed by atoms with Gasteiger partial charge in [0.25, 0.3) is 0 Å². The van der Waals surface area contributed by atoms with E-state index in [4.69, 9.17) is 16.7 Å². The molecule has 0 aromatic heterocycles. The van der Waals surface area contributed by atoms with Gasteiger partial charge in [0.05, 0.1) is 5.56 Å². The van der Waals surface area contributed by atoms with Crippen molar-refractivity contribution in [1.29, 1.82) is 0 Å². The number of aromatic carboxylic acids is 1. The number of halogens is 2. The highest BCUT2D eigenvalue weighted by Gasteiger charge is 2.26. The summed E-state index contributed by atoms with van der Waals surface area (Å²) in [6.45, 7) is 2.06. The summed E-state index contributed by atoms with van der Waals surface area (Å²) in [5.41, 5.74) is -1.16. The van der Waals surface area contributed by atoms with Crippen molar-refractivity contribution in [2.75, 3.05) is 4.90 Å². The van der Waals surface area contributed by atoms with Gasteiger partial charge in [-0.2, -0.15) is 0 Å². The molecule has 0 heterocycles. The molecule has 0 spiro atoms. The topological polar surface area (TPSA) is 74.7 Å². The molecule has 0 unspecified atom stereocenters. The smallest absolute Gasteiger partial charge is 0.337 e. The number of rotatable bonds is 2. The zero-order valence-corrected chi connectivity index (χ0v) is 10.3. The molecular formula is C11H9ClFNO4. The molecule has 7 heteroatoms. The lowest BCUT2D eigenvalue weighted by molar-refractivity contribution is -0.124. The van der Waals surface area contributed by atoms with Crippen molar-refractivity contribution in [3.8, 4) is 0 Å². The zero-order valence-electron chi connectivity index (χ0n) is 9.53. The Bertz CT molecular complexity index is 530. The normalized spacial score (nSPS) is 10.0. The third-order valence-electron chi connectivity index (χ3n) is 2.11. The number of benzene rings is 1. The quantitative estimate of drug-likeness (QED) is 0.895. The van der Waals surface area contributed by atoms with Gasteiger partial charge >= 0.3 is 5.97 Å². The fraction of sp³-hybridized carbons (Fsp3) is 0.182. The Balaban J connectivity index is 3.60. The number of nitrogens with zero attached hydrogens (tertiary/aromatic N) is 1. The van der Waals surface area contributed by atoms with Crippen molar-refractivity contribution in [2.24, 2.45) is 0 Å². The van der Waals surface area contributed by atoms with Crippen LogP contribution >= 0.6 is 11.6 Å². The minimum absolute atomic E-state index is 0.138. The summed E-state index contributed by atoms with van der Waals surface area (Å²) in [7, 11) is 0. The van der Waals surface area contributed by atoms with Crippen LogP contribution in [-0.4, -0.2) is 22.9 Å². The average molecular weight is 274 g/mol. The Labute approximate surface area is 107 Å². The fourth-order valence-corrected chi connectivity index (χ4v) is 1.70. The molecule has 18 heavy (non-hydrogen) atoms. The van der Waals surface area contributed by atoms with E-state index < -0.39 is 34.9 Å². The standard InChI is InChI=1S/C11H9ClFNO4/c1-5(15)14(6(2)16)10-8(11(17)18)3-7(12)4-9(10)13/h3-4H,1-2H3,(H,17,18). The van der Waals surface area contributed by atoms with Gasteiger partial charge in [0.2, 0.25) is 11.8 Å². The van der Waals surface area contributed by atoms with Gasteiger partial charge in [-0.25, -0.2) is 14.1 Å². The maximum absolute atomic E-state index is 13.7. The van der Waals surface area contributed by atoms with E-state index in [9.17, 15) is 18.8 Å². The van der Waals surface area contributed by atoms with Crippen molar-refractivity contribution in [2.45, 2.75) is 13.8 Å². The molecule has 96 valence electrons. The van der Waals surface area contributed by atoms with E-state index in [2.05, 4.69) is 0 Å². The van der Waals surface area contributed by atoms with Crippen molar-refractivity contribution in [3.05, 3.63) is 28.5 Å². The summed E-state index contributed by atoms with van der Waals surface area (Å²) >= 11 is 5.54. The minimum Gasteiger partial charge on any atom is -0.478 e. The lowest BCUT2D eigenvalue weighted by atomic mass is 10.1. The van der Waals surface area contributed by atoms with Crippen LogP contribution in [0.2, 0.25) is 5.02 Å². The largest absolute Gasteiger partial charge is 0.478 e. The fourth-order valence-electron chi connectivity index (χ4n) is 1.49. The van der Waals surface area contributed by atoms with E-state index in [1.54, 1.807) is 0 Å². The summed E-state index contributed by atoms with van der Waals surface area (Å²) in [5, 5.41) is 8.81. The summed E-state index contributed by atoms with van der Waals surface area (Å²) in [4.78, 5) is 34.1. The minimum atomic E-state index is -1.49. The molecule has 0 radical (unpaired) electrons. The predicted octanol–water partition coefficient (Wildman–Crippen LogP) is 2.08. The third kappa shape index (κ3) is 2.65. The van der Waals surface area contributed by atoms with Crippen molar-refractivity contribution in [1.82, 2.24) is 0 Å². The molecule has 2 amide bonds. The van der Waals surface area contributed by atoms with Gasteiger partial charge in [0.15, 0.2) is 0 Å². The first kappa shape index (κ1) is 14.1. The third-order valence-corrected chi connectivity index (χ3v) is 2.33. The molecule has 0 saturated carbocycles. The van der Waals surface area contributed by atoms with E-state index in [1.807, 2.05) is 0 Å². The van der Waals surface area contributed by atoms with E-state index in [0.29, 0.717) is 4.90 Å². The molecule has 0 atom stereocenters. The SMILES string of the molecule is CC(=O)N(C(C)=O)c1c(F)cc(Cl)cc1C(=O)O. The highest BCUT2D eigenvalue weighted by Crippen LogP contribution is 2.28. The summed E-state index contributed by atoms with van der Waals surface area (Å²) in [6.07, 6.45) is 0. The van der Waals surface area contributed by atoms with Gasteiger partial charge in [-0.1, -0.05) is 11.6 Å². The van der Waals surface area contributed by atoms with Crippen LogP contribution < -0.4 is 4.90 Å². The van der Waals surface area contributed by atoms with Crippen molar-refractivity contribution < 1.29 is 23.9 Å². The number of carboxylic acids is 1.